The van der Waals surface area contributed by atoms with Crippen LogP contribution in [0.5, 0.6) is 0 Å². The van der Waals surface area contributed by atoms with Crippen molar-refractivity contribution < 1.29 is 9.21 Å². The molecule has 2 aliphatic rings. The fourth-order valence-corrected chi connectivity index (χ4v) is 4.48. The first kappa shape index (κ1) is 15.8. The van der Waals surface area contributed by atoms with E-state index in [0.29, 0.717) is 12.5 Å². The Morgan fingerprint density at radius 2 is 2.25 bits per heavy atom. The molecule has 0 bridgehead atoms. The van der Waals surface area contributed by atoms with E-state index in [9.17, 15) is 4.79 Å². The molecular formula is C18H23N3O2S. The van der Waals surface area contributed by atoms with Gasteiger partial charge in [0.1, 0.15) is 5.76 Å². The molecule has 5 nitrogen and oxygen atoms in total. The van der Waals surface area contributed by atoms with E-state index in [-0.39, 0.29) is 5.91 Å². The summed E-state index contributed by atoms with van der Waals surface area (Å²) in [6.45, 7) is 5.87. The van der Waals surface area contributed by atoms with E-state index in [1.807, 2.05) is 29.3 Å². The highest BCUT2D eigenvalue weighted by Gasteiger charge is 2.31. The number of rotatable bonds is 3. The van der Waals surface area contributed by atoms with E-state index in [2.05, 4.69) is 9.88 Å². The van der Waals surface area contributed by atoms with Crippen molar-refractivity contribution >= 4 is 17.2 Å². The van der Waals surface area contributed by atoms with Gasteiger partial charge in [0.2, 0.25) is 5.91 Å². The van der Waals surface area contributed by atoms with Gasteiger partial charge in [-0.2, -0.15) is 0 Å². The Kier molecular flexibility index (Phi) is 4.41. The second-order valence-electron chi connectivity index (χ2n) is 6.76. The Labute approximate surface area is 146 Å². The largest absolute Gasteiger partial charge is 0.459 e. The van der Waals surface area contributed by atoms with Gasteiger partial charge in [-0.15, -0.1) is 11.3 Å². The third kappa shape index (κ3) is 3.26. The maximum Gasteiger partial charge on any atom is 0.228 e. The van der Waals surface area contributed by atoms with Gasteiger partial charge in [0.25, 0.3) is 0 Å². The quantitative estimate of drug-likeness (QED) is 0.858. The van der Waals surface area contributed by atoms with Crippen molar-refractivity contribution in [1.29, 1.82) is 0 Å². The molecule has 2 aromatic heterocycles. The molecule has 2 saturated heterocycles. The molecule has 0 unspecified atom stereocenters. The summed E-state index contributed by atoms with van der Waals surface area (Å²) in [6.07, 6.45) is 4.21. The summed E-state index contributed by atoms with van der Waals surface area (Å²) in [6, 6.07) is 4.43. The summed E-state index contributed by atoms with van der Waals surface area (Å²) >= 11 is 1.54. The number of carbonyl (C=O) groups excluding carboxylic acids is 1. The van der Waals surface area contributed by atoms with Gasteiger partial charge < -0.3 is 9.32 Å². The lowest BCUT2D eigenvalue weighted by atomic mass is 9.99. The van der Waals surface area contributed by atoms with Crippen molar-refractivity contribution in [2.24, 2.45) is 0 Å². The van der Waals surface area contributed by atoms with E-state index in [4.69, 9.17) is 4.42 Å². The van der Waals surface area contributed by atoms with Gasteiger partial charge in [0, 0.05) is 31.1 Å². The van der Waals surface area contributed by atoms with Crippen LogP contribution in [0.15, 0.2) is 21.9 Å². The van der Waals surface area contributed by atoms with Gasteiger partial charge in [0.15, 0.2) is 10.8 Å². The van der Waals surface area contributed by atoms with E-state index >= 15 is 0 Å². The van der Waals surface area contributed by atoms with Crippen LogP contribution in [-0.2, 0) is 11.2 Å². The summed E-state index contributed by atoms with van der Waals surface area (Å²) in [5, 5.41) is 2.82. The number of carbonyl (C=O) groups is 1. The van der Waals surface area contributed by atoms with E-state index in [1.54, 1.807) is 0 Å². The van der Waals surface area contributed by atoms with E-state index in [0.717, 1.165) is 41.9 Å². The highest BCUT2D eigenvalue weighted by Crippen LogP contribution is 2.26. The minimum atomic E-state index is 0.202. The number of piperidine rings is 1. The summed E-state index contributed by atoms with van der Waals surface area (Å²) in [5.74, 6) is 1.86. The SMILES string of the molecule is Cc1ccc(-c2nc(CC(=O)N3CCN4CCCC[C@@H]4C3)cs2)o1. The van der Waals surface area contributed by atoms with Gasteiger partial charge in [-0.3, -0.25) is 9.69 Å². The molecule has 24 heavy (non-hydrogen) atoms. The number of hydrogen-bond acceptors (Lipinski definition) is 5. The van der Waals surface area contributed by atoms with Crippen molar-refractivity contribution in [2.45, 2.75) is 38.6 Å². The summed E-state index contributed by atoms with van der Waals surface area (Å²) in [7, 11) is 0. The Balaban J connectivity index is 1.38. The number of thiazole rings is 1. The predicted molar refractivity (Wildman–Crippen MR) is 94.0 cm³/mol. The zero-order chi connectivity index (χ0) is 16.5. The fraction of sp³-hybridized carbons (Fsp3) is 0.556. The molecule has 4 heterocycles. The second-order valence-corrected chi connectivity index (χ2v) is 7.61. The van der Waals surface area contributed by atoms with Gasteiger partial charge in [-0.1, -0.05) is 6.42 Å². The monoisotopic (exact) mass is 345 g/mol. The topological polar surface area (TPSA) is 49.6 Å². The van der Waals surface area contributed by atoms with Crippen LogP contribution in [0.1, 0.15) is 30.7 Å². The first-order chi connectivity index (χ1) is 11.7. The molecule has 4 rings (SSSR count). The standard InChI is InChI=1S/C18H23N3O2S/c1-13-5-6-16(23-13)18-19-14(12-24-18)10-17(22)21-9-8-20-7-3-2-4-15(20)11-21/h5-6,12,15H,2-4,7-11H2,1H3/t15-/m1/s1. The van der Waals surface area contributed by atoms with Crippen molar-refractivity contribution in [3.63, 3.8) is 0 Å². The number of aryl methyl sites for hydroxylation is 1. The maximum atomic E-state index is 12.6. The normalized spacial score (nSPS) is 21.7. The second kappa shape index (κ2) is 6.69. The van der Waals surface area contributed by atoms with Crippen molar-refractivity contribution in [2.75, 3.05) is 26.2 Å². The molecule has 0 saturated carbocycles. The van der Waals surface area contributed by atoms with Crippen molar-refractivity contribution in [3.05, 3.63) is 29.0 Å². The van der Waals surface area contributed by atoms with Crippen LogP contribution in [0.3, 0.4) is 0 Å². The van der Waals surface area contributed by atoms with E-state index < -0.39 is 0 Å². The molecule has 128 valence electrons. The Morgan fingerprint density at radius 1 is 1.33 bits per heavy atom. The third-order valence-corrected chi connectivity index (χ3v) is 5.93. The van der Waals surface area contributed by atoms with Crippen LogP contribution in [-0.4, -0.2) is 52.9 Å². The Hall–Kier alpha value is -1.66. The summed E-state index contributed by atoms with van der Waals surface area (Å²) in [4.78, 5) is 21.8. The molecule has 1 amide bonds. The number of nitrogens with zero attached hydrogens (tertiary/aromatic N) is 3. The minimum absolute atomic E-state index is 0.202. The Morgan fingerprint density at radius 3 is 3.08 bits per heavy atom. The van der Waals surface area contributed by atoms with Gasteiger partial charge in [-0.25, -0.2) is 4.98 Å². The molecule has 2 fully saturated rings. The van der Waals surface area contributed by atoms with Crippen LogP contribution in [0.25, 0.3) is 10.8 Å². The average Bonchev–Trinajstić information content (AvgIpc) is 3.23. The molecule has 0 N–H and O–H groups in total. The van der Waals surface area contributed by atoms with Crippen LogP contribution >= 0.6 is 11.3 Å². The zero-order valence-electron chi connectivity index (χ0n) is 14.0. The molecular weight excluding hydrogens is 322 g/mol. The highest BCUT2D eigenvalue weighted by molar-refractivity contribution is 7.13. The number of aromatic nitrogens is 1. The number of hydrogen-bond donors (Lipinski definition) is 0. The van der Waals surface area contributed by atoms with Gasteiger partial charge in [0.05, 0.1) is 12.1 Å². The molecule has 2 aromatic rings. The molecule has 0 aromatic carbocycles. The van der Waals surface area contributed by atoms with Gasteiger partial charge >= 0.3 is 0 Å². The third-order valence-electron chi connectivity index (χ3n) is 5.03. The average molecular weight is 345 g/mol. The predicted octanol–water partition coefficient (Wildman–Crippen LogP) is 2.95. The highest BCUT2D eigenvalue weighted by atomic mass is 32.1. The minimum Gasteiger partial charge on any atom is -0.459 e. The lowest BCUT2D eigenvalue weighted by Crippen LogP contribution is -2.56. The number of piperazine rings is 1. The lowest BCUT2D eigenvalue weighted by Gasteiger charge is -2.44. The molecule has 0 radical (unpaired) electrons. The van der Waals surface area contributed by atoms with Crippen LogP contribution in [0.4, 0.5) is 0 Å². The zero-order valence-corrected chi connectivity index (χ0v) is 14.8. The molecule has 0 aliphatic carbocycles. The number of furan rings is 1. The molecule has 2 aliphatic heterocycles. The Bertz CT molecular complexity index is 723. The van der Waals surface area contributed by atoms with Gasteiger partial charge in [-0.05, 0) is 38.4 Å². The van der Waals surface area contributed by atoms with Crippen LogP contribution < -0.4 is 0 Å². The fourth-order valence-electron chi connectivity index (χ4n) is 3.70. The summed E-state index contributed by atoms with van der Waals surface area (Å²) < 4.78 is 5.61. The first-order valence-electron chi connectivity index (χ1n) is 8.72. The first-order valence-corrected chi connectivity index (χ1v) is 9.60. The molecule has 0 spiro atoms. The van der Waals surface area contributed by atoms with E-state index in [1.165, 1.54) is 37.1 Å². The van der Waals surface area contributed by atoms with Crippen molar-refractivity contribution in [3.8, 4) is 10.8 Å². The number of fused-ring (bicyclic) bond motifs is 1. The number of amides is 1. The molecule has 1 atom stereocenters. The lowest BCUT2D eigenvalue weighted by molar-refractivity contribution is -0.134. The van der Waals surface area contributed by atoms with Crippen LogP contribution in [0, 0.1) is 6.92 Å². The smallest absolute Gasteiger partial charge is 0.228 e. The maximum absolute atomic E-state index is 12.6. The summed E-state index contributed by atoms with van der Waals surface area (Å²) in [5.41, 5.74) is 0.847. The molecule has 6 heteroatoms. The van der Waals surface area contributed by atoms with Crippen molar-refractivity contribution in [1.82, 2.24) is 14.8 Å². The van der Waals surface area contributed by atoms with Crippen LogP contribution in [0.2, 0.25) is 0 Å².